The van der Waals surface area contributed by atoms with Crippen molar-refractivity contribution in [3.05, 3.63) is 54.4 Å². The van der Waals surface area contributed by atoms with Crippen LogP contribution in [0.25, 0.3) is 0 Å². The number of hydrogen-bond acceptors (Lipinski definition) is 3. The Labute approximate surface area is 113 Å². The minimum absolute atomic E-state index is 0.289. The van der Waals surface area contributed by atoms with Crippen LogP contribution in [0.2, 0.25) is 0 Å². The lowest BCUT2D eigenvalue weighted by molar-refractivity contribution is 0.102. The number of carbonyl (C=O) groups excluding carboxylic acids is 1. The average molecular weight is 280 g/mol. The highest BCUT2D eigenvalue weighted by Gasteiger charge is 2.07. The van der Waals surface area contributed by atoms with Gasteiger partial charge in [0, 0.05) is 23.0 Å². The summed E-state index contributed by atoms with van der Waals surface area (Å²) in [6.07, 6.45) is 3.03. The lowest BCUT2D eigenvalue weighted by Gasteiger charge is -2.06. The third-order valence-electron chi connectivity index (χ3n) is 2.26. The van der Waals surface area contributed by atoms with Crippen molar-refractivity contribution in [2.45, 2.75) is 10.7 Å². The van der Waals surface area contributed by atoms with Gasteiger partial charge in [-0.05, 0) is 36.4 Å². The summed E-state index contributed by atoms with van der Waals surface area (Å²) in [5, 5.41) is 2.66. The number of hydrogen-bond donors (Lipinski definition) is 1. The highest BCUT2D eigenvalue weighted by molar-refractivity contribution is 7.99. The zero-order valence-corrected chi connectivity index (χ0v) is 10.5. The normalized spacial score (nSPS) is 10.5. The summed E-state index contributed by atoms with van der Waals surface area (Å²) in [7, 11) is 0. The SMILES string of the molecule is O=C(Nc1ccc(SC(F)F)cc1)c1cccnc1. The predicted octanol–water partition coefficient (Wildman–Crippen LogP) is 3.65. The quantitative estimate of drug-likeness (QED) is 0.869. The van der Waals surface area contributed by atoms with E-state index in [0.717, 1.165) is 0 Å². The van der Waals surface area contributed by atoms with E-state index in [1.165, 1.54) is 18.3 Å². The summed E-state index contributed by atoms with van der Waals surface area (Å²) < 4.78 is 24.3. The van der Waals surface area contributed by atoms with Crippen LogP contribution in [0.1, 0.15) is 10.4 Å². The fourth-order valence-corrected chi connectivity index (χ4v) is 1.92. The van der Waals surface area contributed by atoms with Crippen LogP contribution in [0.3, 0.4) is 0 Å². The number of rotatable bonds is 4. The van der Waals surface area contributed by atoms with Gasteiger partial charge >= 0.3 is 0 Å². The van der Waals surface area contributed by atoms with E-state index in [-0.39, 0.29) is 5.91 Å². The van der Waals surface area contributed by atoms with E-state index in [1.807, 2.05) is 0 Å². The van der Waals surface area contributed by atoms with Crippen LogP contribution in [-0.2, 0) is 0 Å². The largest absolute Gasteiger partial charge is 0.322 e. The molecule has 0 radical (unpaired) electrons. The van der Waals surface area contributed by atoms with Crippen molar-refractivity contribution in [2.24, 2.45) is 0 Å². The monoisotopic (exact) mass is 280 g/mol. The maximum absolute atomic E-state index is 12.1. The Hall–Kier alpha value is -1.95. The molecular weight excluding hydrogens is 270 g/mol. The molecule has 3 nitrogen and oxygen atoms in total. The van der Waals surface area contributed by atoms with Gasteiger partial charge in [-0.2, -0.15) is 8.78 Å². The first-order valence-electron chi connectivity index (χ1n) is 5.41. The Kier molecular flexibility index (Phi) is 4.46. The number of nitrogens with one attached hydrogen (secondary N) is 1. The van der Waals surface area contributed by atoms with Crippen LogP contribution in [0.5, 0.6) is 0 Å². The van der Waals surface area contributed by atoms with Crippen LogP contribution in [-0.4, -0.2) is 16.6 Å². The molecule has 0 saturated heterocycles. The second-order valence-corrected chi connectivity index (χ2v) is 4.66. The smallest absolute Gasteiger partial charge is 0.288 e. The third-order valence-corrected chi connectivity index (χ3v) is 2.98. The second kappa shape index (κ2) is 6.29. The molecule has 0 fully saturated rings. The van der Waals surface area contributed by atoms with E-state index in [4.69, 9.17) is 0 Å². The molecule has 0 aliphatic rings. The molecule has 19 heavy (non-hydrogen) atoms. The van der Waals surface area contributed by atoms with Gasteiger partial charge in [0.2, 0.25) is 0 Å². The molecule has 0 atom stereocenters. The van der Waals surface area contributed by atoms with Crippen molar-refractivity contribution in [1.29, 1.82) is 0 Å². The predicted molar refractivity (Wildman–Crippen MR) is 70.5 cm³/mol. The van der Waals surface area contributed by atoms with Gasteiger partial charge in [-0.1, -0.05) is 11.8 Å². The van der Waals surface area contributed by atoms with Gasteiger partial charge < -0.3 is 5.32 Å². The number of halogens is 2. The summed E-state index contributed by atoms with van der Waals surface area (Å²) >= 11 is 0.466. The molecule has 1 aromatic heterocycles. The highest BCUT2D eigenvalue weighted by Crippen LogP contribution is 2.26. The van der Waals surface area contributed by atoms with Crippen LogP contribution >= 0.6 is 11.8 Å². The highest BCUT2D eigenvalue weighted by atomic mass is 32.2. The first-order chi connectivity index (χ1) is 9.15. The van der Waals surface area contributed by atoms with Crippen LogP contribution in [0.4, 0.5) is 14.5 Å². The molecule has 6 heteroatoms. The summed E-state index contributed by atoms with van der Waals surface area (Å²) in [5.41, 5.74) is 0.987. The molecule has 0 bridgehead atoms. The number of amides is 1. The molecule has 1 heterocycles. The lowest BCUT2D eigenvalue weighted by atomic mass is 10.2. The topological polar surface area (TPSA) is 42.0 Å². The number of alkyl halides is 2. The van der Waals surface area contributed by atoms with Crippen LogP contribution < -0.4 is 5.32 Å². The van der Waals surface area contributed by atoms with E-state index in [2.05, 4.69) is 10.3 Å². The first kappa shape index (κ1) is 13.5. The number of aromatic nitrogens is 1. The minimum Gasteiger partial charge on any atom is -0.322 e. The van der Waals surface area contributed by atoms with Crippen molar-refractivity contribution in [1.82, 2.24) is 4.98 Å². The van der Waals surface area contributed by atoms with Crippen molar-refractivity contribution in [3.8, 4) is 0 Å². The number of thioether (sulfide) groups is 1. The van der Waals surface area contributed by atoms with Crippen LogP contribution in [0, 0.1) is 0 Å². The molecule has 1 amide bonds. The van der Waals surface area contributed by atoms with Crippen LogP contribution in [0.15, 0.2) is 53.7 Å². The van der Waals surface area contributed by atoms with E-state index >= 15 is 0 Å². The molecule has 0 saturated carbocycles. The number of benzene rings is 1. The molecule has 0 spiro atoms. The number of pyridine rings is 1. The van der Waals surface area contributed by atoms with Gasteiger partial charge in [0.1, 0.15) is 0 Å². The molecule has 2 aromatic rings. The van der Waals surface area contributed by atoms with Crippen molar-refractivity contribution < 1.29 is 13.6 Å². The van der Waals surface area contributed by atoms with Gasteiger partial charge in [-0.15, -0.1) is 0 Å². The van der Waals surface area contributed by atoms with E-state index in [0.29, 0.717) is 27.9 Å². The van der Waals surface area contributed by atoms with Gasteiger partial charge in [0.05, 0.1) is 5.56 Å². The second-order valence-electron chi connectivity index (χ2n) is 3.60. The third kappa shape index (κ3) is 4.03. The van der Waals surface area contributed by atoms with Crippen molar-refractivity contribution >= 4 is 23.4 Å². The number of anilines is 1. The van der Waals surface area contributed by atoms with E-state index in [1.54, 1.807) is 30.5 Å². The summed E-state index contributed by atoms with van der Waals surface area (Å²) in [6.45, 7) is 0. The van der Waals surface area contributed by atoms with E-state index in [9.17, 15) is 13.6 Å². The fourth-order valence-electron chi connectivity index (χ4n) is 1.42. The summed E-state index contributed by atoms with van der Waals surface area (Å²) in [4.78, 5) is 16.1. The maximum atomic E-state index is 12.1. The fraction of sp³-hybridized carbons (Fsp3) is 0.0769. The molecule has 0 aliphatic heterocycles. The summed E-state index contributed by atoms with van der Waals surface area (Å²) in [5.74, 6) is -2.74. The summed E-state index contributed by atoms with van der Waals surface area (Å²) in [6, 6.07) is 9.55. The van der Waals surface area contributed by atoms with Gasteiger partial charge in [0.15, 0.2) is 0 Å². The Balaban J connectivity index is 2.02. The molecule has 1 aromatic carbocycles. The number of nitrogens with zero attached hydrogens (tertiary/aromatic N) is 1. The van der Waals surface area contributed by atoms with Crippen molar-refractivity contribution in [2.75, 3.05) is 5.32 Å². The molecule has 0 unspecified atom stereocenters. The Morgan fingerprint density at radius 2 is 1.95 bits per heavy atom. The molecular formula is C13H10F2N2OS. The minimum atomic E-state index is -2.45. The zero-order valence-electron chi connectivity index (χ0n) is 9.72. The standard InChI is InChI=1S/C13H10F2N2OS/c14-13(15)19-11-5-3-10(4-6-11)17-12(18)9-2-1-7-16-8-9/h1-8,13H,(H,17,18). The molecule has 2 rings (SSSR count). The zero-order chi connectivity index (χ0) is 13.7. The maximum Gasteiger partial charge on any atom is 0.288 e. The molecule has 1 N–H and O–H groups in total. The Bertz CT molecular complexity index is 546. The molecule has 0 aliphatic carbocycles. The van der Waals surface area contributed by atoms with Gasteiger partial charge in [-0.3, -0.25) is 9.78 Å². The molecule has 98 valence electrons. The van der Waals surface area contributed by atoms with Gasteiger partial charge in [0.25, 0.3) is 11.7 Å². The number of carbonyl (C=O) groups is 1. The van der Waals surface area contributed by atoms with E-state index < -0.39 is 5.76 Å². The Morgan fingerprint density at radius 3 is 2.53 bits per heavy atom. The Morgan fingerprint density at radius 1 is 1.21 bits per heavy atom. The first-order valence-corrected chi connectivity index (χ1v) is 6.29. The van der Waals surface area contributed by atoms with Crippen molar-refractivity contribution in [3.63, 3.8) is 0 Å². The lowest BCUT2D eigenvalue weighted by Crippen LogP contribution is -2.11. The average Bonchev–Trinajstić information content (AvgIpc) is 2.41. The van der Waals surface area contributed by atoms with Gasteiger partial charge in [-0.25, -0.2) is 0 Å².